The summed E-state index contributed by atoms with van der Waals surface area (Å²) in [5.74, 6) is 2.29. The second-order valence-corrected chi connectivity index (χ2v) is 5.36. The van der Waals surface area contributed by atoms with Gasteiger partial charge in [0.25, 0.3) is 0 Å². The number of benzene rings is 2. The van der Waals surface area contributed by atoms with Crippen molar-refractivity contribution in [1.82, 2.24) is 0 Å². The van der Waals surface area contributed by atoms with Gasteiger partial charge in [-0.15, -0.1) is 0 Å². The maximum Gasteiger partial charge on any atom is 0.203 e. The summed E-state index contributed by atoms with van der Waals surface area (Å²) in [6.45, 7) is 0. The largest absolute Gasteiger partial charge is 0.504 e. The summed E-state index contributed by atoms with van der Waals surface area (Å²) < 4.78 is 21.4. The minimum atomic E-state index is 0.0926. The van der Waals surface area contributed by atoms with Crippen molar-refractivity contribution < 1.29 is 24.1 Å². The maximum atomic E-state index is 10.7. The Balaban J connectivity index is 2.28. The van der Waals surface area contributed by atoms with Crippen LogP contribution in [0.5, 0.6) is 28.7 Å². The number of phenols is 1. The molecule has 5 heteroatoms. The van der Waals surface area contributed by atoms with Crippen LogP contribution in [0.3, 0.4) is 0 Å². The van der Waals surface area contributed by atoms with Gasteiger partial charge in [0.15, 0.2) is 23.0 Å². The summed E-state index contributed by atoms with van der Waals surface area (Å²) in [4.78, 5) is 0. The van der Waals surface area contributed by atoms with Gasteiger partial charge in [-0.25, -0.2) is 0 Å². The number of phenolic OH excluding ortho intramolecular Hbond substituents is 1. The van der Waals surface area contributed by atoms with E-state index in [1.54, 1.807) is 21.3 Å². The highest BCUT2D eigenvalue weighted by atomic mass is 16.5. The minimum Gasteiger partial charge on any atom is -0.504 e. The van der Waals surface area contributed by atoms with Gasteiger partial charge in [0, 0.05) is 5.56 Å². The standard InChI is InChI=1S/C18H20O5/c1-20-13-7-10-5-6-11-8-15(22-3)18(23-4)17(19)16(11)12(10)9-14(13)21-2/h7-9,19H,5-6H2,1-4H3. The fraction of sp³-hybridized carbons (Fsp3) is 0.333. The van der Waals surface area contributed by atoms with Gasteiger partial charge in [-0.3, -0.25) is 0 Å². The first-order valence-corrected chi connectivity index (χ1v) is 7.36. The van der Waals surface area contributed by atoms with Gasteiger partial charge in [0.05, 0.1) is 28.4 Å². The lowest BCUT2D eigenvalue weighted by atomic mass is 9.84. The highest BCUT2D eigenvalue weighted by Gasteiger charge is 2.26. The number of methoxy groups -OCH3 is 4. The molecule has 1 aliphatic rings. The number of ether oxygens (including phenoxy) is 4. The molecule has 1 aliphatic carbocycles. The molecule has 0 atom stereocenters. The number of hydrogen-bond acceptors (Lipinski definition) is 5. The third-order valence-corrected chi connectivity index (χ3v) is 4.27. The molecule has 0 aliphatic heterocycles. The molecule has 0 saturated heterocycles. The van der Waals surface area contributed by atoms with E-state index in [0.717, 1.165) is 35.1 Å². The SMILES string of the molecule is COc1cc2c(cc1OC)-c1c(cc(OC)c(OC)c1O)CC2. The molecular formula is C18H20O5. The Labute approximate surface area is 135 Å². The first kappa shape index (κ1) is 15.3. The molecule has 2 aromatic carbocycles. The van der Waals surface area contributed by atoms with Crippen molar-refractivity contribution in [3.63, 3.8) is 0 Å². The van der Waals surface area contributed by atoms with Crippen molar-refractivity contribution in [3.05, 3.63) is 29.3 Å². The summed E-state index contributed by atoms with van der Waals surface area (Å²) in [6, 6.07) is 5.79. The molecule has 0 bridgehead atoms. The Morgan fingerprint density at radius 1 is 0.739 bits per heavy atom. The van der Waals surface area contributed by atoms with E-state index in [1.165, 1.54) is 7.11 Å². The van der Waals surface area contributed by atoms with Crippen molar-refractivity contribution in [2.75, 3.05) is 28.4 Å². The number of aromatic hydroxyl groups is 1. The van der Waals surface area contributed by atoms with Crippen LogP contribution in [0.1, 0.15) is 11.1 Å². The van der Waals surface area contributed by atoms with Crippen LogP contribution in [0.25, 0.3) is 11.1 Å². The van der Waals surface area contributed by atoms with Crippen LogP contribution in [-0.4, -0.2) is 33.5 Å². The van der Waals surface area contributed by atoms with Crippen molar-refractivity contribution in [2.24, 2.45) is 0 Å². The fourth-order valence-corrected chi connectivity index (χ4v) is 3.15. The predicted octanol–water partition coefficient (Wildman–Crippen LogP) is 3.19. The van der Waals surface area contributed by atoms with E-state index >= 15 is 0 Å². The monoisotopic (exact) mass is 316 g/mol. The molecule has 1 N–H and O–H groups in total. The molecule has 0 fully saturated rings. The molecule has 23 heavy (non-hydrogen) atoms. The Bertz CT molecular complexity index is 752. The van der Waals surface area contributed by atoms with Crippen LogP contribution in [0, 0.1) is 0 Å². The molecule has 122 valence electrons. The molecule has 5 nitrogen and oxygen atoms in total. The Morgan fingerprint density at radius 3 is 1.91 bits per heavy atom. The fourth-order valence-electron chi connectivity index (χ4n) is 3.15. The van der Waals surface area contributed by atoms with Crippen LogP contribution in [-0.2, 0) is 12.8 Å². The van der Waals surface area contributed by atoms with Gasteiger partial charge >= 0.3 is 0 Å². The molecule has 0 spiro atoms. The van der Waals surface area contributed by atoms with Crippen LogP contribution < -0.4 is 18.9 Å². The Morgan fingerprint density at radius 2 is 1.30 bits per heavy atom. The Kier molecular flexibility index (Phi) is 3.94. The van der Waals surface area contributed by atoms with E-state index in [1.807, 2.05) is 18.2 Å². The molecule has 3 rings (SSSR count). The normalized spacial score (nSPS) is 12.2. The van der Waals surface area contributed by atoms with E-state index < -0.39 is 0 Å². The second-order valence-electron chi connectivity index (χ2n) is 5.36. The number of fused-ring (bicyclic) bond motifs is 3. The predicted molar refractivity (Wildman–Crippen MR) is 87.2 cm³/mol. The summed E-state index contributed by atoms with van der Waals surface area (Å²) in [6.07, 6.45) is 1.67. The molecule has 0 aromatic heterocycles. The van der Waals surface area contributed by atoms with Crippen LogP contribution >= 0.6 is 0 Å². The summed E-state index contributed by atoms with van der Waals surface area (Å²) in [7, 11) is 6.30. The average Bonchev–Trinajstić information content (AvgIpc) is 2.59. The molecule has 0 unspecified atom stereocenters. The summed E-state index contributed by atoms with van der Waals surface area (Å²) in [5, 5.41) is 10.7. The lowest BCUT2D eigenvalue weighted by Gasteiger charge is -2.24. The van der Waals surface area contributed by atoms with Gasteiger partial charge in [0.1, 0.15) is 0 Å². The maximum absolute atomic E-state index is 10.7. The van der Waals surface area contributed by atoms with Crippen molar-refractivity contribution in [2.45, 2.75) is 12.8 Å². The minimum absolute atomic E-state index is 0.0926. The van der Waals surface area contributed by atoms with E-state index in [-0.39, 0.29) is 5.75 Å². The summed E-state index contributed by atoms with van der Waals surface area (Å²) in [5.41, 5.74) is 3.84. The highest BCUT2D eigenvalue weighted by molar-refractivity contribution is 5.84. The first-order valence-electron chi connectivity index (χ1n) is 7.36. The number of aryl methyl sites for hydroxylation is 2. The van der Waals surface area contributed by atoms with E-state index in [2.05, 4.69) is 0 Å². The van der Waals surface area contributed by atoms with E-state index in [9.17, 15) is 5.11 Å². The quantitative estimate of drug-likeness (QED) is 0.939. The van der Waals surface area contributed by atoms with Crippen LogP contribution in [0.15, 0.2) is 18.2 Å². The lowest BCUT2D eigenvalue weighted by molar-refractivity contribution is 0.333. The lowest BCUT2D eigenvalue weighted by Crippen LogP contribution is -2.07. The van der Waals surface area contributed by atoms with Crippen LogP contribution in [0.4, 0.5) is 0 Å². The van der Waals surface area contributed by atoms with E-state index in [4.69, 9.17) is 18.9 Å². The van der Waals surface area contributed by atoms with Gasteiger partial charge in [-0.2, -0.15) is 0 Å². The first-order chi connectivity index (χ1) is 11.1. The second kappa shape index (κ2) is 5.91. The van der Waals surface area contributed by atoms with Crippen molar-refractivity contribution in [1.29, 1.82) is 0 Å². The number of rotatable bonds is 4. The van der Waals surface area contributed by atoms with Crippen molar-refractivity contribution >= 4 is 0 Å². The summed E-state index contributed by atoms with van der Waals surface area (Å²) >= 11 is 0. The zero-order chi connectivity index (χ0) is 16.6. The zero-order valence-corrected chi connectivity index (χ0v) is 13.7. The molecule has 0 saturated carbocycles. The molecule has 0 radical (unpaired) electrons. The molecule has 2 aromatic rings. The smallest absolute Gasteiger partial charge is 0.203 e. The molecule has 0 amide bonds. The molecule has 0 heterocycles. The van der Waals surface area contributed by atoms with E-state index in [0.29, 0.717) is 23.0 Å². The number of hydrogen-bond donors (Lipinski definition) is 1. The third-order valence-electron chi connectivity index (χ3n) is 4.27. The zero-order valence-electron chi connectivity index (χ0n) is 13.7. The van der Waals surface area contributed by atoms with Gasteiger partial charge in [-0.05, 0) is 47.7 Å². The molecular weight excluding hydrogens is 296 g/mol. The average molecular weight is 316 g/mol. The Hall–Kier alpha value is -2.56. The van der Waals surface area contributed by atoms with Gasteiger partial charge in [-0.1, -0.05) is 0 Å². The van der Waals surface area contributed by atoms with Crippen molar-refractivity contribution in [3.8, 4) is 39.9 Å². The topological polar surface area (TPSA) is 57.2 Å². The van der Waals surface area contributed by atoms with Crippen LogP contribution in [0.2, 0.25) is 0 Å². The highest BCUT2D eigenvalue weighted by Crippen LogP contribution is 2.50. The third kappa shape index (κ3) is 2.32. The van der Waals surface area contributed by atoms with Gasteiger partial charge in [0.2, 0.25) is 5.75 Å². The van der Waals surface area contributed by atoms with Gasteiger partial charge < -0.3 is 24.1 Å².